The van der Waals surface area contributed by atoms with E-state index in [0.717, 1.165) is 40.3 Å². The van der Waals surface area contributed by atoms with Gasteiger partial charge in [-0.2, -0.15) is 20.6 Å². The van der Waals surface area contributed by atoms with Crippen molar-refractivity contribution in [3.05, 3.63) is 30.6 Å². The molecule has 0 radical (unpaired) electrons. The van der Waals surface area contributed by atoms with Gasteiger partial charge in [0.1, 0.15) is 23.3 Å². The van der Waals surface area contributed by atoms with Crippen LogP contribution in [0.4, 0.5) is 5.69 Å². The van der Waals surface area contributed by atoms with Crippen LogP contribution in [0.1, 0.15) is 6.92 Å². The minimum Gasteiger partial charge on any atom is -0.377 e. The Hall–Kier alpha value is -3.71. The summed E-state index contributed by atoms with van der Waals surface area (Å²) in [4.78, 5) is 7.26. The molecule has 30 heavy (non-hydrogen) atoms. The highest BCUT2D eigenvalue weighted by Gasteiger charge is 2.27. The first-order valence-corrected chi connectivity index (χ1v) is 9.78. The SMILES string of the molecule is CC1COCCN1c1cc(-c2ccnn2C)nc2c(-c3ccn[nH]3)nn(CC#N)c12. The minimum atomic E-state index is 0.128. The van der Waals surface area contributed by atoms with Crippen LogP contribution >= 0.6 is 0 Å². The molecule has 0 saturated carbocycles. The predicted octanol–water partition coefficient (Wildman–Crippen LogP) is 1.97. The minimum absolute atomic E-state index is 0.128. The van der Waals surface area contributed by atoms with E-state index in [1.54, 1.807) is 21.8 Å². The number of aromatic nitrogens is 7. The molecule has 1 fully saturated rings. The van der Waals surface area contributed by atoms with Gasteiger partial charge in [0.25, 0.3) is 0 Å². The monoisotopic (exact) mass is 403 g/mol. The largest absolute Gasteiger partial charge is 0.377 e. The third kappa shape index (κ3) is 2.91. The molecule has 1 N–H and O–H groups in total. The van der Waals surface area contributed by atoms with Gasteiger partial charge in [0.05, 0.1) is 42.1 Å². The number of hydrogen-bond acceptors (Lipinski definition) is 7. The molecular formula is C20H21N9O. The number of anilines is 1. The van der Waals surface area contributed by atoms with Crippen LogP contribution in [0, 0.1) is 11.3 Å². The van der Waals surface area contributed by atoms with Gasteiger partial charge in [0.15, 0.2) is 0 Å². The first kappa shape index (κ1) is 18.3. The van der Waals surface area contributed by atoms with E-state index in [1.807, 2.05) is 19.2 Å². The molecule has 10 heteroatoms. The Morgan fingerprint density at radius 1 is 1.33 bits per heavy atom. The zero-order chi connectivity index (χ0) is 20.7. The Morgan fingerprint density at radius 2 is 2.23 bits per heavy atom. The van der Waals surface area contributed by atoms with Crippen molar-refractivity contribution in [2.75, 3.05) is 24.7 Å². The Balaban J connectivity index is 1.83. The Morgan fingerprint density at radius 3 is 2.93 bits per heavy atom. The number of pyridine rings is 1. The summed E-state index contributed by atoms with van der Waals surface area (Å²) < 4.78 is 9.18. The van der Waals surface area contributed by atoms with E-state index in [0.29, 0.717) is 18.9 Å². The molecule has 1 saturated heterocycles. The highest BCUT2D eigenvalue weighted by atomic mass is 16.5. The fourth-order valence-electron chi connectivity index (χ4n) is 3.97. The number of nitrogens with one attached hydrogen (secondary N) is 1. The molecule has 1 atom stereocenters. The topological polar surface area (TPSA) is 113 Å². The molecule has 152 valence electrons. The first-order valence-electron chi connectivity index (χ1n) is 9.78. The molecule has 1 unspecified atom stereocenters. The van der Waals surface area contributed by atoms with E-state index >= 15 is 0 Å². The average molecular weight is 403 g/mol. The highest BCUT2D eigenvalue weighted by Crippen LogP contribution is 2.36. The molecule has 10 nitrogen and oxygen atoms in total. The van der Waals surface area contributed by atoms with Gasteiger partial charge in [0.2, 0.25) is 0 Å². The van der Waals surface area contributed by atoms with Crippen molar-refractivity contribution < 1.29 is 4.74 Å². The van der Waals surface area contributed by atoms with E-state index < -0.39 is 0 Å². The lowest BCUT2D eigenvalue weighted by atomic mass is 10.1. The van der Waals surface area contributed by atoms with Gasteiger partial charge in [-0.05, 0) is 25.1 Å². The van der Waals surface area contributed by atoms with Gasteiger partial charge < -0.3 is 9.64 Å². The molecule has 4 aromatic heterocycles. The van der Waals surface area contributed by atoms with Crippen LogP contribution in [0.2, 0.25) is 0 Å². The lowest BCUT2D eigenvalue weighted by molar-refractivity contribution is 0.0990. The van der Waals surface area contributed by atoms with Crippen molar-refractivity contribution in [2.45, 2.75) is 19.5 Å². The second-order valence-electron chi connectivity index (χ2n) is 7.32. The molecule has 5 rings (SSSR count). The number of aryl methyl sites for hydroxylation is 1. The molecule has 0 aromatic carbocycles. The van der Waals surface area contributed by atoms with E-state index in [4.69, 9.17) is 14.8 Å². The van der Waals surface area contributed by atoms with E-state index in [-0.39, 0.29) is 12.6 Å². The van der Waals surface area contributed by atoms with Gasteiger partial charge in [-0.15, -0.1) is 0 Å². The van der Waals surface area contributed by atoms with Crippen molar-refractivity contribution >= 4 is 16.7 Å². The molecule has 0 amide bonds. The lowest BCUT2D eigenvalue weighted by Crippen LogP contribution is -2.44. The molecule has 0 aliphatic carbocycles. The lowest BCUT2D eigenvalue weighted by Gasteiger charge is -2.35. The summed E-state index contributed by atoms with van der Waals surface area (Å²) in [5.41, 5.74) is 5.68. The summed E-state index contributed by atoms with van der Waals surface area (Å²) in [6.07, 6.45) is 3.44. The standard InChI is InChI=1S/C20H21N9O/c1-13-12-30-10-9-28(13)17-11-15(16-4-7-23-27(16)2)24-19-18(14-3-6-22-25-14)26-29(8-5-21)20(17)19/h3-4,6-7,11,13H,8-10,12H2,1-2H3,(H,22,25). The molecule has 4 aromatic rings. The summed E-state index contributed by atoms with van der Waals surface area (Å²) in [6.45, 7) is 4.31. The van der Waals surface area contributed by atoms with Crippen LogP contribution in [-0.4, -0.2) is 60.5 Å². The van der Waals surface area contributed by atoms with Crippen LogP contribution in [0.3, 0.4) is 0 Å². The highest BCUT2D eigenvalue weighted by molar-refractivity contribution is 5.99. The number of rotatable bonds is 4. The number of morpholine rings is 1. The van der Waals surface area contributed by atoms with Crippen LogP contribution in [0.5, 0.6) is 0 Å². The van der Waals surface area contributed by atoms with Crippen LogP contribution in [0.15, 0.2) is 30.6 Å². The molecular weight excluding hydrogens is 382 g/mol. The molecule has 0 bridgehead atoms. The van der Waals surface area contributed by atoms with Crippen molar-refractivity contribution in [1.82, 2.24) is 34.7 Å². The number of nitriles is 1. The molecule has 0 spiro atoms. The van der Waals surface area contributed by atoms with Crippen LogP contribution in [0.25, 0.3) is 33.8 Å². The fourth-order valence-corrected chi connectivity index (χ4v) is 3.97. The predicted molar refractivity (Wildman–Crippen MR) is 111 cm³/mol. The summed E-state index contributed by atoms with van der Waals surface area (Å²) in [7, 11) is 1.90. The first-order chi connectivity index (χ1) is 14.7. The Kier molecular flexibility index (Phi) is 4.44. The van der Waals surface area contributed by atoms with Crippen LogP contribution < -0.4 is 4.90 Å². The molecule has 1 aliphatic rings. The summed E-state index contributed by atoms with van der Waals surface area (Å²) in [6, 6.07) is 8.26. The normalized spacial score (nSPS) is 16.8. The Labute approximate surface area is 172 Å². The zero-order valence-corrected chi connectivity index (χ0v) is 16.8. The van der Waals surface area contributed by atoms with Crippen molar-refractivity contribution in [2.24, 2.45) is 7.05 Å². The number of fused-ring (bicyclic) bond motifs is 1. The maximum Gasteiger partial charge on any atom is 0.137 e. The van der Waals surface area contributed by atoms with E-state index in [2.05, 4.69) is 39.3 Å². The van der Waals surface area contributed by atoms with Crippen LogP contribution in [-0.2, 0) is 18.3 Å². The van der Waals surface area contributed by atoms with Gasteiger partial charge in [-0.1, -0.05) is 0 Å². The maximum absolute atomic E-state index is 9.42. The van der Waals surface area contributed by atoms with E-state index in [1.165, 1.54) is 0 Å². The maximum atomic E-state index is 9.42. The number of nitrogens with zero attached hydrogens (tertiary/aromatic N) is 8. The van der Waals surface area contributed by atoms with Gasteiger partial charge >= 0.3 is 0 Å². The van der Waals surface area contributed by atoms with Gasteiger partial charge in [-0.25, -0.2) is 9.67 Å². The number of aromatic amines is 1. The smallest absolute Gasteiger partial charge is 0.137 e. The fraction of sp³-hybridized carbons (Fsp3) is 0.350. The van der Waals surface area contributed by atoms with Crippen molar-refractivity contribution in [1.29, 1.82) is 5.26 Å². The Bertz CT molecular complexity index is 1230. The summed E-state index contributed by atoms with van der Waals surface area (Å²) >= 11 is 0. The quantitative estimate of drug-likeness (QED) is 0.554. The number of ether oxygens (including phenoxy) is 1. The number of H-pyrrole nitrogens is 1. The summed E-state index contributed by atoms with van der Waals surface area (Å²) in [5, 5.41) is 25.5. The molecule has 5 heterocycles. The van der Waals surface area contributed by atoms with Crippen molar-refractivity contribution in [3.8, 4) is 28.8 Å². The van der Waals surface area contributed by atoms with Gasteiger partial charge in [0, 0.05) is 32.0 Å². The third-order valence-corrected chi connectivity index (χ3v) is 5.41. The number of hydrogen-bond donors (Lipinski definition) is 1. The zero-order valence-electron chi connectivity index (χ0n) is 16.8. The molecule has 1 aliphatic heterocycles. The van der Waals surface area contributed by atoms with Crippen molar-refractivity contribution in [3.63, 3.8) is 0 Å². The second kappa shape index (κ2) is 7.27. The van der Waals surface area contributed by atoms with E-state index in [9.17, 15) is 5.26 Å². The average Bonchev–Trinajstić information content (AvgIpc) is 3.48. The third-order valence-electron chi connectivity index (χ3n) is 5.41. The summed E-state index contributed by atoms with van der Waals surface area (Å²) in [5.74, 6) is 0. The van der Waals surface area contributed by atoms with Gasteiger partial charge in [-0.3, -0.25) is 9.78 Å². The second-order valence-corrected chi connectivity index (χ2v) is 7.32.